The van der Waals surface area contributed by atoms with Crippen molar-refractivity contribution in [2.45, 2.75) is 46.5 Å². The standard InChI is InChI=1S/C17H23N3O/c1-6-14(21)18-15-11(2)19-20-16(15)12-7-9-13(10-8-12)17(3,4)5/h7-10H,6H2,1-5H3,(H,18,21)(H,19,20). The number of hydrogen-bond donors (Lipinski definition) is 2. The van der Waals surface area contributed by atoms with Gasteiger partial charge in [0.15, 0.2) is 0 Å². The smallest absolute Gasteiger partial charge is 0.224 e. The van der Waals surface area contributed by atoms with Gasteiger partial charge in [-0.1, -0.05) is 52.0 Å². The molecule has 2 N–H and O–H groups in total. The van der Waals surface area contributed by atoms with E-state index in [1.165, 1.54) is 5.56 Å². The first-order valence-electron chi connectivity index (χ1n) is 7.28. The quantitative estimate of drug-likeness (QED) is 0.894. The molecule has 1 aromatic heterocycles. The van der Waals surface area contributed by atoms with Crippen molar-refractivity contribution in [2.75, 3.05) is 5.32 Å². The average Bonchev–Trinajstić information content (AvgIpc) is 2.79. The lowest BCUT2D eigenvalue weighted by Crippen LogP contribution is -2.11. The van der Waals surface area contributed by atoms with Gasteiger partial charge in [0.1, 0.15) is 5.69 Å². The molecule has 0 aliphatic carbocycles. The zero-order valence-electron chi connectivity index (χ0n) is 13.4. The van der Waals surface area contributed by atoms with Gasteiger partial charge in [-0.2, -0.15) is 5.10 Å². The van der Waals surface area contributed by atoms with Crippen LogP contribution >= 0.6 is 0 Å². The summed E-state index contributed by atoms with van der Waals surface area (Å²) in [5, 5.41) is 10.2. The minimum atomic E-state index is -0.00735. The molecule has 1 heterocycles. The van der Waals surface area contributed by atoms with E-state index in [1.807, 2.05) is 13.8 Å². The number of carbonyl (C=O) groups excluding carboxylic acids is 1. The summed E-state index contributed by atoms with van der Waals surface area (Å²) in [5.41, 5.74) is 4.82. The summed E-state index contributed by atoms with van der Waals surface area (Å²) in [6.07, 6.45) is 0.451. The van der Waals surface area contributed by atoms with E-state index < -0.39 is 0 Å². The molecule has 0 aliphatic heterocycles. The summed E-state index contributed by atoms with van der Waals surface area (Å²) in [6, 6.07) is 8.34. The van der Waals surface area contributed by atoms with Gasteiger partial charge in [0.2, 0.25) is 5.91 Å². The van der Waals surface area contributed by atoms with Crippen LogP contribution in [0.4, 0.5) is 5.69 Å². The molecular weight excluding hydrogens is 262 g/mol. The van der Waals surface area contributed by atoms with Crippen LogP contribution in [0, 0.1) is 6.92 Å². The third kappa shape index (κ3) is 3.32. The Labute approximate surface area is 126 Å². The van der Waals surface area contributed by atoms with Crippen molar-refractivity contribution in [3.8, 4) is 11.3 Å². The third-order valence-corrected chi connectivity index (χ3v) is 3.56. The van der Waals surface area contributed by atoms with E-state index in [0.29, 0.717) is 6.42 Å². The van der Waals surface area contributed by atoms with Crippen LogP contribution in [0.2, 0.25) is 0 Å². The number of nitrogens with zero attached hydrogens (tertiary/aromatic N) is 1. The molecule has 0 spiro atoms. The molecule has 1 aromatic carbocycles. The van der Waals surface area contributed by atoms with Gasteiger partial charge < -0.3 is 5.32 Å². The summed E-state index contributed by atoms with van der Waals surface area (Å²) in [7, 11) is 0. The van der Waals surface area contributed by atoms with Crippen LogP contribution in [0.1, 0.15) is 45.4 Å². The molecule has 4 heteroatoms. The Morgan fingerprint density at radius 1 is 1.24 bits per heavy atom. The number of hydrogen-bond acceptors (Lipinski definition) is 2. The Morgan fingerprint density at radius 2 is 1.86 bits per heavy atom. The van der Waals surface area contributed by atoms with Crippen LogP contribution in [0.5, 0.6) is 0 Å². The average molecular weight is 285 g/mol. The molecule has 2 aromatic rings. The van der Waals surface area contributed by atoms with Crippen molar-refractivity contribution in [2.24, 2.45) is 0 Å². The second-order valence-electron chi connectivity index (χ2n) is 6.30. The maximum Gasteiger partial charge on any atom is 0.224 e. The van der Waals surface area contributed by atoms with Crippen molar-refractivity contribution in [1.82, 2.24) is 10.2 Å². The SMILES string of the molecule is CCC(=O)Nc1c(-c2ccc(C(C)(C)C)cc2)n[nH]c1C. The van der Waals surface area contributed by atoms with Crippen molar-refractivity contribution < 1.29 is 4.79 Å². The lowest BCUT2D eigenvalue weighted by Gasteiger charge is -2.19. The Hall–Kier alpha value is -2.10. The van der Waals surface area contributed by atoms with E-state index in [-0.39, 0.29) is 11.3 Å². The van der Waals surface area contributed by atoms with Crippen LogP contribution < -0.4 is 5.32 Å². The number of amides is 1. The van der Waals surface area contributed by atoms with Gasteiger partial charge in [-0.15, -0.1) is 0 Å². The molecule has 0 atom stereocenters. The topological polar surface area (TPSA) is 57.8 Å². The van der Waals surface area contributed by atoms with E-state index in [4.69, 9.17) is 0 Å². The molecule has 0 bridgehead atoms. The number of rotatable bonds is 3. The van der Waals surface area contributed by atoms with E-state index in [9.17, 15) is 4.79 Å². The highest BCUT2D eigenvalue weighted by molar-refractivity contribution is 5.95. The summed E-state index contributed by atoms with van der Waals surface area (Å²) in [5.74, 6) is -0.00735. The first-order valence-corrected chi connectivity index (χ1v) is 7.28. The van der Waals surface area contributed by atoms with Crippen LogP contribution in [-0.2, 0) is 10.2 Å². The van der Waals surface area contributed by atoms with Crippen molar-refractivity contribution in [1.29, 1.82) is 0 Å². The Bertz CT molecular complexity index is 633. The number of nitrogens with one attached hydrogen (secondary N) is 2. The molecule has 21 heavy (non-hydrogen) atoms. The van der Waals surface area contributed by atoms with E-state index in [2.05, 4.69) is 60.6 Å². The van der Waals surface area contributed by atoms with Crippen LogP contribution in [0.25, 0.3) is 11.3 Å². The largest absolute Gasteiger partial charge is 0.323 e. The fourth-order valence-corrected chi connectivity index (χ4v) is 2.15. The monoisotopic (exact) mass is 285 g/mol. The molecule has 0 saturated carbocycles. The predicted molar refractivity (Wildman–Crippen MR) is 86.4 cm³/mol. The second-order valence-corrected chi connectivity index (χ2v) is 6.30. The molecule has 0 aliphatic rings. The summed E-state index contributed by atoms with van der Waals surface area (Å²) in [6.45, 7) is 10.3. The fraction of sp³-hybridized carbons (Fsp3) is 0.412. The maximum absolute atomic E-state index is 11.6. The normalized spacial score (nSPS) is 11.5. The van der Waals surface area contributed by atoms with Gasteiger partial charge in [0, 0.05) is 12.0 Å². The number of H-pyrrole nitrogens is 1. The molecule has 112 valence electrons. The third-order valence-electron chi connectivity index (χ3n) is 3.56. The van der Waals surface area contributed by atoms with Gasteiger partial charge >= 0.3 is 0 Å². The molecule has 4 nitrogen and oxygen atoms in total. The number of anilines is 1. The predicted octanol–water partition coefficient (Wildman–Crippen LogP) is 4.03. The van der Waals surface area contributed by atoms with E-state index >= 15 is 0 Å². The number of aromatic amines is 1. The van der Waals surface area contributed by atoms with Crippen molar-refractivity contribution in [3.05, 3.63) is 35.5 Å². The molecule has 0 unspecified atom stereocenters. The minimum absolute atomic E-state index is 0.00735. The number of aromatic nitrogens is 2. The van der Waals surface area contributed by atoms with Gasteiger partial charge in [-0.05, 0) is 17.9 Å². The van der Waals surface area contributed by atoms with Gasteiger partial charge in [-0.25, -0.2) is 0 Å². The van der Waals surface area contributed by atoms with E-state index in [0.717, 1.165) is 22.6 Å². The lowest BCUT2D eigenvalue weighted by molar-refractivity contribution is -0.115. The molecule has 1 amide bonds. The highest BCUT2D eigenvalue weighted by Crippen LogP contribution is 2.30. The first kappa shape index (κ1) is 15.3. The van der Waals surface area contributed by atoms with Gasteiger partial charge in [0.25, 0.3) is 0 Å². The summed E-state index contributed by atoms with van der Waals surface area (Å²) >= 11 is 0. The van der Waals surface area contributed by atoms with Gasteiger partial charge in [-0.3, -0.25) is 9.89 Å². The highest BCUT2D eigenvalue weighted by Gasteiger charge is 2.16. The lowest BCUT2D eigenvalue weighted by atomic mass is 9.86. The van der Waals surface area contributed by atoms with Crippen LogP contribution in [0.3, 0.4) is 0 Å². The summed E-state index contributed by atoms with van der Waals surface area (Å²) in [4.78, 5) is 11.6. The van der Waals surface area contributed by atoms with Crippen LogP contribution in [-0.4, -0.2) is 16.1 Å². The van der Waals surface area contributed by atoms with Gasteiger partial charge in [0.05, 0.1) is 11.4 Å². The Balaban J connectivity index is 2.36. The zero-order valence-corrected chi connectivity index (χ0v) is 13.4. The fourth-order valence-electron chi connectivity index (χ4n) is 2.15. The van der Waals surface area contributed by atoms with Crippen molar-refractivity contribution in [3.63, 3.8) is 0 Å². The molecule has 2 rings (SSSR count). The molecule has 0 radical (unpaired) electrons. The zero-order chi connectivity index (χ0) is 15.6. The Kier molecular flexibility index (Phi) is 4.16. The van der Waals surface area contributed by atoms with Crippen LogP contribution in [0.15, 0.2) is 24.3 Å². The molecule has 0 saturated heterocycles. The Morgan fingerprint density at radius 3 is 2.38 bits per heavy atom. The van der Waals surface area contributed by atoms with Crippen molar-refractivity contribution >= 4 is 11.6 Å². The molecular formula is C17H23N3O. The number of aryl methyl sites for hydroxylation is 1. The number of carbonyl (C=O) groups is 1. The first-order chi connectivity index (χ1) is 9.82. The van der Waals surface area contributed by atoms with E-state index in [1.54, 1.807) is 0 Å². The number of benzene rings is 1. The minimum Gasteiger partial charge on any atom is -0.323 e. The summed E-state index contributed by atoms with van der Waals surface area (Å²) < 4.78 is 0. The highest BCUT2D eigenvalue weighted by atomic mass is 16.1. The second kappa shape index (κ2) is 5.72. The maximum atomic E-state index is 11.6. The molecule has 0 fully saturated rings.